The monoisotopic (exact) mass is 253 g/mol. The number of aryl methyl sites for hydroxylation is 2. The predicted molar refractivity (Wildman–Crippen MR) is 66.4 cm³/mol. The van der Waals surface area contributed by atoms with Gasteiger partial charge in [-0.05, 0) is 26.8 Å². The van der Waals surface area contributed by atoms with Gasteiger partial charge >= 0.3 is 5.97 Å². The minimum atomic E-state index is -0.907. The van der Waals surface area contributed by atoms with Crippen LogP contribution in [0.4, 0.5) is 0 Å². The van der Waals surface area contributed by atoms with Crippen molar-refractivity contribution in [2.45, 2.75) is 33.2 Å². The van der Waals surface area contributed by atoms with Crippen molar-refractivity contribution in [3.63, 3.8) is 0 Å². The normalized spacial score (nSPS) is 12.2. The zero-order valence-corrected chi connectivity index (χ0v) is 11.2. The SMILES string of the molecule is CCN(C(=O)c1cc(C)nn1C)C(C)CC(=O)O. The fourth-order valence-electron chi connectivity index (χ4n) is 1.98. The molecule has 0 aliphatic carbocycles. The van der Waals surface area contributed by atoms with Crippen molar-refractivity contribution in [1.82, 2.24) is 14.7 Å². The predicted octanol–water partition coefficient (Wildman–Crippen LogP) is 1.05. The molecule has 1 rings (SSSR count). The van der Waals surface area contributed by atoms with E-state index in [1.165, 1.54) is 4.68 Å². The Morgan fingerprint density at radius 1 is 1.56 bits per heavy atom. The van der Waals surface area contributed by atoms with Gasteiger partial charge in [-0.2, -0.15) is 5.10 Å². The van der Waals surface area contributed by atoms with Crippen LogP contribution in [0.2, 0.25) is 0 Å². The summed E-state index contributed by atoms with van der Waals surface area (Å²) in [6.07, 6.45) is -0.0591. The number of carboxylic acid groups (broad SMARTS) is 1. The minimum absolute atomic E-state index is 0.0591. The zero-order chi connectivity index (χ0) is 13.9. The highest BCUT2D eigenvalue weighted by atomic mass is 16.4. The largest absolute Gasteiger partial charge is 0.481 e. The molecule has 0 bridgehead atoms. The highest BCUT2D eigenvalue weighted by Gasteiger charge is 2.24. The summed E-state index contributed by atoms with van der Waals surface area (Å²) in [5.74, 6) is -1.09. The van der Waals surface area contributed by atoms with Crippen LogP contribution in [0.3, 0.4) is 0 Å². The average molecular weight is 253 g/mol. The van der Waals surface area contributed by atoms with Gasteiger partial charge < -0.3 is 10.0 Å². The summed E-state index contributed by atoms with van der Waals surface area (Å²) in [5.41, 5.74) is 1.24. The molecule has 0 aromatic carbocycles. The van der Waals surface area contributed by atoms with Gasteiger partial charge in [-0.15, -0.1) is 0 Å². The molecule has 0 radical (unpaired) electrons. The van der Waals surface area contributed by atoms with Crippen LogP contribution < -0.4 is 0 Å². The molecule has 1 amide bonds. The maximum atomic E-state index is 12.3. The third-order valence-electron chi connectivity index (χ3n) is 2.82. The standard InChI is InChI=1S/C12H19N3O3/c1-5-15(9(3)7-11(16)17)12(18)10-6-8(2)13-14(10)4/h6,9H,5,7H2,1-4H3,(H,16,17). The van der Waals surface area contributed by atoms with Crippen molar-refractivity contribution in [2.75, 3.05) is 6.54 Å². The van der Waals surface area contributed by atoms with Gasteiger partial charge in [-0.25, -0.2) is 0 Å². The van der Waals surface area contributed by atoms with E-state index in [1.54, 1.807) is 24.9 Å². The van der Waals surface area contributed by atoms with E-state index < -0.39 is 5.97 Å². The molecule has 0 aliphatic heterocycles. The summed E-state index contributed by atoms with van der Waals surface area (Å²) >= 11 is 0. The molecular formula is C12H19N3O3. The zero-order valence-electron chi connectivity index (χ0n) is 11.2. The molecule has 0 saturated carbocycles. The lowest BCUT2D eigenvalue weighted by Gasteiger charge is -2.26. The summed E-state index contributed by atoms with van der Waals surface area (Å²) in [6, 6.07) is 1.37. The third-order valence-corrected chi connectivity index (χ3v) is 2.82. The van der Waals surface area contributed by atoms with E-state index >= 15 is 0 Å². The van der Waals surface area contributed by atoms with Crippen molar-refractivity contribution in [2.24, 2.45) is 7.05 Å². The molecule has 100 valence electrons. The Hall–Kier alpha value is -1.85. The van der Waals surface area contributed by atoms with E-state index in [-0.39, 0.29) is 18.4 Å². The lowest BCUT2D eigenvalue weighted by molar-refractivity contribution is -0.138. The first-order chi connectivity index (χ1) is 8.36. The molecule has 1 atom stereocenters. The molecular weight excluding hydrogens is 234 g/mol. The Kier molecular flexibility index (Phi) is 4.47. The fraction of sp³-hybridized carbons (Fsp3) is 0.583. The number of carbonyl (C=O) groups excluding carboxylic acids is 1. The maximum Gasteiger partial charge on any atom is 0.305 e. The number of aromatic nitrogens is 2. The van der Waals surface area contributed by atoms with Crippen LogP contribution in [0.25, 0.3) is 0 Å². The van der Waals surface area contributed by atoms with Gasteiger partial charge in [-0.1, -0.05) is 0 Å². The maximum absolute atomic E-state index is 12.3. The molecule has 6 heteroatoms. The van der Waals surface area contributed by atoms with Crippen LogP contribution in [0, 0.1) is 6.92 Å². The van der Waals surface area contributed by atoms with Crippen LogP contribution >= 0.6 is 0 Å². The molecule has 1 N–H and O–H groups in total. The lowest BCUT2D eigenvalue weighted by atomic mass is 10.2. The van der Waals surface area contributed by atoms with E-state index in [0.29, 0.717) is 12.2 Å². The molecule has 0 saturated heterocycles. The van der Waals surface area contributed by atoms with Crippen LogP contribution in [0.1, 0.15) is 36.5 Å². The second kappa shape index (κ2) is 5.66. The number of hydrogen-bond acceptors (Lipinski definition) is 3. The van der Waals surface area contributed by atoms with Gasteiger partial charge in [0.1, 0.15) is 5.69 Å². The van der Waals surface area contributed by atoms with Crippen LogP contribution in [0.15, 0.2) is 6.07 Å². The van der Waals surface area contributed by atoms with Crippen LogP contribution in [-0.4, -0.2) is 44.3 Å². The molecule has 1 aromatic heterocycles. The Bertz CT molecular complexity index is 453. The molecule has 6 nitrogen and oxygen atoms in total. The van der Waals surface area contributed by atoms with Crippen molar-refractivity contribution < 1.29 is 14.7 Å². The number of nitrogens with zero attached hydrogens (tertiary/aromatic N) is 3. The van der Waals surface area contributed by atoms with E-state index in [4.69, 9.17) is 5.11 Å². The van der Waals surface area contributed by atoms with Gasteiger partial charge in [-0.3, -0.25) is 14.3 Å². The fourth-order valence-corrected chi connectivity index (χ4v) is 1.98. The second-order valence-corrected chi connectivity index (χ2v) is 4.33. The van der Waals surface area contributed by atoms with Crippen molar-refractivity contribution in [3.8, 4) is 0 Å². The summed E-state index contributed by atoms with van der Waals surface area (Å²) in [7, 11) is 1.70. The highest BCUT2D eigenvalue weighted by molar-refractivity contribution is 5.93. The first kappa shape index (κ1) is 14.2. The number of rotatable bonds is 5. The van der Waals surface area contributed by atoms with Crippen LogP contribution in [0.5, 0.6) is 0 Å². The molecule has 1 aromatic rings. The average Bonchev–Trinajstić information content (AvgIpc) is 2.57. The Balaban J connectivity index is 2.92. The van der Waals surface area contributed by atoms with E-state index in [0.717, 1.165) is 5.69 Å². The summed E-state index contributed by atoms with van der Waals surface area (Å²) in [6.45, 7) is 5.85. The Morgan fingerprint density at radius 3 is 2.56 bits per heavy atom. The smallest absolute Gasteiger partial charge is 0.305 e. The second-order valence-electron chi connectivity index (χ2n) is 4.33. The summed E-state index contributed by atoms with van der Waals surface area (Å²) in [4.78, 5) is 24.6. The number of carboxylic acids is 1. The first-order valence-corrected chi connectivity index (χ1v) is 5.90. The molecule has 18 heavy (non-hydrogen) atoms. The number of aliphatic carboxylic acids is 1. The van der Waals surface area contributed by atoms with E-state index in [1.807, 2.05) is 13.8 Å². The van der Waals surface area contributed by atoms with Gasteiger partial charge in [0.15, 0.2) is 0 Å². The first-order valence-electron chi connectivity index (χ1n) is 5.90. The van der Waals surface area contributed by atoms with Crippen molar-refractivity contribution in [1.29, 1.82) is 0 Å². The van der Waals surface area contributed by atoms with E-state index in [9.17, 15) is 9.59 Å². The number of amides is 1. The van der Waals surface area contributed by atoms with Crippen molar-refractivity contribution >= 4 is 11.9 Å². The third kappa shape index (κ3) is 3.09. The summed E-state index contributed by atoms with van der Waals surface area (Å²) in [5, 5.41) is 12.9. The van der Waals surface area contributed by atoms with Gasteiger partial charge in [0, 0.05) is 19.6 Å². The van der Waals surface area contributed by atoms with Gasteiger partial charge in [0.25, 0.3) is 5.91 Å². The molecule has 0 spiro atoms. The van der Waals surface area contributed by atoms with Gasteiger partial charge in [0.2, 0.25) is 0 Å². The van der Waals surface area contributed by atoms with Gasteiger partial charge in [0.05, 0.1) is 12.1 Å². The highest BCUT2D eigenvalue weighted by Crippen LogP contribution is 2.11. The lowest BCUT2D eigenvalue weighted by Crippen LogP contribution is -2.40. The topological polar surface area (TPSA) is 75.4 Å². The van der Waals surface area contributed by atoms with Crippen molar-refractivity contribution in [3.05, 3.63) is 17.5 Å². The molecule has 0 fully saturated rings. The number of hydrogen-bond donors (Lipinski definition) is 1. The molecule has 1 heterocycles. The van der Waals surface area contributed by atoms with E-state index in [2.05, 4.69) is 5.10 Å². The minimum Gasteiger partial charge on any atom is -0.481 e. The molecule has 0 aliphatic rings. The number of carbonyl (C=O) groups is 2. The quantitative estimate of drug-likeness (QED) is 0.851. The Morgan fingerprint density at radius 2 is 2.17 bits per heavy atom. The Labute approximate surface area is 106 Å². The molecule has 1 unspecified atom stereocenters. The summed E-state index contributed by atoms with van der Waals surface area (Å²) < 4.78 is 1.52. The van der Waals surface area contributed by atoms with Crippen LogP contribution in [-0.2, 0) is 11.8 Å².